The van der Waals surface area contributed by atoms with E-state index in [2.05, 4.69) is 40.3 Å². The number of amidine groups is 1. The maximum atomic E-state index is 14.6. The van der Waals surface area contributed by atoms with Crippen molar-refractivity contribution >= 4 is 23.9 Å². The lowest BCUT2D eigenvalue weighted by Gasteiger charge is -2.25. The number of ether oxygens (including phenoxy) is 1. The Bertz CT molecular complexity index is 1280. The number of anilines is 1. The van der Waals surface area contributed by atoms with E-state index in [1.54, 1.807) is 33.3 Å². The highest BCUT2D eigenvalue weighted by molar-refractivity contribution is 5.82. The number of methoxy groups -OCH3 is 1. The zero-order chi connectivity index (χ0) is 31.0. The van der Waals surface area contributed by atoms with E-state index in [0.29, 0.717) is 22.7 Å². The molecule has 1 aromatic heterocycles. The molecule has 2 aromatic rings. The summed E-state index contributed by atoms with van der Waals surface area (Å²) in [6, 6.07) is 4.02. The van der Waals surface area contributed by atoms with Crippen LogP contribution in [-0.2, 0) is 4.79 Å². The third kappa shape index (κ3) is 9.61. The van der Waals surface area contributed by atoms with Crippen LogP contribution in [0.1, 0.15) is 25.0 Å². The van der Waals surface area contributed by atoms with Crippen LogP contribution in [0.4, 0.5) is 18.9 Å². The zero-order valence-electron chi connectivity index (χ0n) is 24.2. The normalized spacial score (nSPS) is 13.2. The minimum atomic E-state index is -0.609. The van der Waals surface area contributed by atoms with Crippen LogP contribution in [0, 0.1) is 24.4 Å². The number of allylic oxidation sites excluding steroid dienone is 4. The number of hydrogen-bond donors (Lipinski definition) is 2. The number of rotatable bonds is 5. The van der Waals surface area contributed by atoms with Gasteiger partial charge in [0, 0.05) is 49.9 Å². The molecule has 0 aliphatic carbocycles. The van der Waals surface area contributed by atoms with Crippen molar-refractivity contribution in [1.29, 1.82) is 0 Å². The first kappa shape index (κ1) is 35.4. The molecule has 0 amide bonds. The number of carbonyl (C=O) groups excluding carboxylic acids is 1. The van der Waals surface area contributed by atoms with Gasteiger partial charge in [-0.15, -0.1) is 13.2 Å². The molecule has 10 heteroatoms. The number of aliphatic imine (C=N–C) groups is 1. The van der Waals surface area contributed by atoms with Crippen LogP contribution in [0.15, 0.2) is 84.4 Å². The number of nitrogens with zero attached hydrogens (tertiary/aromatic N) is 3. The van der Waals surface area contributed by atoms with E-state index in [1.807, 2.05) is 38.7 Å². The van der Waals surface area contributed by atoms with E-state index in [4.69, 9.17) is 9.53 Å². The maximum Gasteiger partial charge on any atom is 0.216 e. The fraction of sp³-hybridized carbons (Fsp3) is 0.233. The molecule has 0 radical (unpaired) electrons. The van der Waals surface area contributed by atoms with Crippen LogP contribution in [0.2, 0.25) is 0 Å². The summed E-state index contributed by atoms with van der Waals surface area (Å²) in [5.74, 6) is -0.320. The first-order valence-corrected chi connectivity index (χ1v) is 11.9. The zero-order valence-corrected chi connectivity index (χ0v) is 24.2. The van der Waals surface area contributed by atoms with Gasteiger partial charge in [0.25, 0.3) is 0 Å². The van der Waals surface area contributed by atoms with Crippen molar-refractivity contribution in [3.05, 3.63) is 108 Å². The molecule has 40 heavy (non-hydrogen) atoms. The van der Waals surface area contributed by atoms with Crippen molar-refractivity contribution in [3.63, 3.8) is 0 Å². The molecule has 7 nitrogen and oxygen atoms in total. The number of nitrogens with one attached hydrogen (secondary N) is 2. The minimum absolute atomic E-state index is 0.0532. The number of likely N-dealkylation sites (N-methyl/N-ethyl adjacent to an activating group) is 1. The predicted molar refractivity (Wildman–Crippen MR) is 159 cm³/mol. The Morgan fingerprint density at radius 2 is 1.75 bits per heavy atom. The molecule has 216 valence electrons. The topological polar surface area (TPSA) is 78.9 Å². The number of carbonyl (C=O) groups is 1. The summed E-state index contributed by atoms with van der Waals surface area (Å²) < 4.78 is 46.0. The summed E-state index contributed by atoms with van der Waals surface area (Å²) in [4.78, 5) is 17.6. The first-order chi connectivity index (χ1) is 19.0. The molecule has 2 heterocycles. The Kier molecular flexibility index (Phi) is 15.8. The molecule has 1 aliphatic rings. The average molecular weight is 558 g/mol. The Morgan fingerprint density at radius 1 is 1.12 bits per heavy atom. The molecule has 0 fully saturated rings. The highest BCUT2D eigenvalue weighted by Gasteiger charge is 2.19. The molecule has 0 saturated carbocycles. The van der Waals surface area contributed by atoms with Gasteiger partial charge in [0.2, 0.25) is 5.88 Å². The van der Waals surface area contributed by atoms with Crippen LogP contribution in [0.3, 0.4) is 0 Å². The molecule has 2 N–H and O–H groups in total. The number of hydrogen-bond acceptors (Lipinski definition) is 6. The van der Waals surface area contributed by atoms with Gasteiger partial charge in [-0.05, 0) is 50.6 Å². The van der Waals surface area contributed by atoms with Gasteiger partial charge in [-0.2, -0.15) is 0 Å². The lowest BCUT2D eigenvalue weighted by atomic mass is 10.00. The Hall–Kier alpha value is -4.60. The molecule has 0 bridgehead atoms. The van der Waals surface area contributed by atoms with Crippen molar-refractivity contribution in [3.8, 4) is 5.88 Å². The van der Waals surface area contributed by atoms with E-state index in [-0.39, 0.29) is 17.1 Å². The third-order valence-electron chi connectivity index (χ3n) is 5.48. The summed E-state index contributed by atoms with van der Waals surface area (Å²) in [5.41, 5.74) is 3.87. The number of halogens is 3. The van der Waals surface area contributed by atoms with Gasteiger partial charge in [0.1, 0.15) is 18.4 Å². The second-order valence-electron chi connectivity index (χ2n) is 7.97. The monoisotopic (exact) mass is 557 g/mol. The summed E-state index contributed by atoms with van der Waals surface area (Å²) >= 11 is 0. The number of pyridine rings is 1. The standard InChI is InChI=1S/C20H24F2N4.C7H8FNO.C2H4.CH2O/c1-12(13(2)25-14(3)23-4)18-10-7-15(11-26(18)6)19-16(21)8-9-17(24-5)20(19)22;1-5-3-6(8)4-9-7(5)10-2;2*1-2/h7-11,24H,2H2,1,3-6H3,(H,23,25);3-4H,1-2H3;1-2H2;1H2/b18-12+;;;. The van der Waals surface area contributed by atoms with Crippen molar-refractivity contribution in [2.45, 2.75) is 20.8 Å². The van der Waals surface area contributed by atoms with Crippen molar-refractivity contribution in [2.75, 3.05) is 33.6 Å². The predicted octanol–water partition coefficient (Wildman–Crippen LogP) is 6.43. The van der Waals surface area contributed by atoms with Crippen molar-refractivity contribution in [1.82, 2.24) is 15.2 Å². The van der Waals surface area contributed by atoms with Gasteiger partial charge in [-0.1, -0.05) is 12.7 Å². The largest absolute Gasteiger partial charge is 0.481 e. The number of aromatic nitrogens is 1. The van der Waals surface area contributed by atoms with Crippen LogP contribution in [0.25, 0.3) is 5.57 Å². The second-order valence-corrected chi connectivity index (χ2v) is 7.97. The van der Waals surface area contributed by atoms with E-state index >= 15 is 0 Å². The highest BCUT2D eigenvalue weighted by atomic mass is 19.1. The van der Waals surface area contributed by atoms with E-state index in [9.17, 15) is 13.2 Å². The maximum absolute atomic E-state index is 14.6. The summed E-state index contributed by atoms with van der Waals surface area (Å²) in [5, 5.41) is 5.84. The molecule has 1 aliphatic heterocycles. The quantitative estimate of drug-likeness (QED) is 0.251. The third-order valence-corrected chi connectivity index (χ3v) is 5.48. The summed E-state index contributed by atoms with van der Waals surface area (Å²) in [6.45, 7) is 17.5. The van der Waals surface area contributed by atoms with Crippen LogP contribution >= 0.6 is 0 Å². The molecular formula is C30H38F3N5O2. The fourth-order valence-electron chi connectivity index (χ4n) is 3.42. The number of aryl methyl sites for hydroxylation is 1. The molecule has 0 saturated heterocycles. The SMILES string of the molecule is C=C.C=C(NC(C)=NC)/C(C)=C1\C=CC(c2c(F)ccc(NC)c2F)=CN1C.C=O.COc1ncc(F)cc1C. The molecule has 0 unspecified atom stereocenters. The summed E-state index contributed by atoms with van der Waals surface area (Å²) in [7, 11) is 6.63. The van der Waals surface area contributed by atoms with Gasteiger partial charge < -0.3 is 25.1 Å². The lowest BCUT2D eigenvalue weighted by Crippen LogP contribution is -2.22. The molecule has 1 aromatic carbocycles. The van der Waals surface area contributed by atoms with Gasteiger partial charge >= 0.3 is 0 Å². The van der Waals surface area contributed by atoms with Crippen molar-refractivity contribution in [2.24, 2.45) is 4.99 Å². The Balaban J connectivity index is 0.000000903. The molecule has 0 atom stereocenters. The van der Waals surface area contributed by atoms with Crippen LogP contribution in [-0.4, -0.2) is 50.8 Å². The van der Waals surface area contributed by atoms with Gasteiger partial charge in [-0.25, -0.2) is 18.2 Å². The fourth-order valence-corrected chi connectivity index (χ4v) is 3.42. The Labute approximate surface area is 235 Å². The van der Waals surface area contributed by atoms with Crippen LogP contribution in [0.5, 0.6) is 5.88 Å². The average Bonchev–Trinajstić information content (AvgIpc) is 2.95. The number of benzene rings is 1. The second kappa shape index (κ2) is 17.8. The van der Waals surface area contributed by atoms with E-state index in [0.717, 1.165) is 23.3 Å². The Morgan fingerprint density at radius 3 is 2.25 bits per heavy atom. The molecule has 0 spiro atoms. The highest BCUT2D eigenvalue weighted by Crippen LogP contribution is 2.32. The van der Waals surface area contributed by atoms with Crippen LogP contribution < -0.4 is 15.4 Å². The smallest absolute Gasteiger partial charge is 0.216 e. The van der Waals surface area contributed by atoms with E-state index < -0.39 is 11.6 Å². The van der Waals surface area contributed by atoms with E-state index in [1.165, 1.54) is 25.3 Å². The molecule has 3 rings (SSSR count). The lowest BCUT2D eigenvalue weighted by molar-refractivity contribution is -0.0980. The minimum Gasteiger partial charge on any atom is -0.481 e. The van der Waals surface area contributed by atoms with Gasteiger partial charge in [0.05, 0.1) is 30.4 Å². The van der Waals surface area contributed by atoms with Gasteiger partial charge in [0.15, 0.2) is 5.82 Å². The summed E-state index contributed by atoms with van der Waals surface area (Å²) in [6.07, 6.45) is 6.36. The van der Waals surface area contributed by atoms with Crippen molar-refractivity contribution < 1.29 is 22.7 Å². The molecular weight excluding hydrogens is 519 g/mol. The van der Waals surface area contributed by atoms with Gasteiger partial charge in [-0.3, -0.25) is 4.99 Å². The first-order valence-electron chi connectivity index (χ1n) is 11.9.